The summed E-state index contributed by atoms with van der Waals surface area (Å²) in [5.41, 5.74) is 8.01. The Morgan fingerprint density at radius 1 is 0.694 bits per heavy atom. The lowest BCUT2D eigenvalue weighted by molar-refractivity contribution is 0.411. The minimum absolute atomic E-state index is 0.0284. The Morgan fingerprint density at radius 2 is 1.47 bits per heavy atom. The van der Waals surface area contributed by atoms with Crippen molar-refractivity contribution in [2.45, 2.75) is 53.4 Å². The number of pyridine rings is 2. The molecule has 178 valence electrons. The Morgan fingerprint density at radius 3 is 2.25 bits per heavy atom. The number of para-hydroxylation sites is 1. The van der Waals surface area contributed by atoms with Gasteiger partial charge in [0.1, 0.15) is 0 Å². The summed E-state index contributed by atoms with van der Waals surface area (Å²) in [5.74, 6) is 0. The zero-order valence-corrected chi connectivity index (χ0v) is 22.0. The fourth-order valence-electron chi connectivity index (χ4n) is 6.30. The van der Waals surface area contributed by atoms with E-state index in [-0.39, 0.29) is 10.8 Å². The van der Waals surface area contributed by atoms with Gasteiger partial charge in [-0.3, -0.25) is 4.98 Å². The van der Waals surface area contributed by atoms with Gasteiger partial charge in [-0.15, -0.1) is 0 Å². The van der Waals surface area contributed by atoms with E-state index in [9.17, 15) is 0 Å². The molecule has 0 aliphatic rings. The summed E-state index contributed by atoms with van der Waals surface area (Å²) >= 11 is 0. The summed E-state index contributed by atoms with van der Waals surface area (Å²) in [6.45, 7) is 13.9. The van der Waals surface area contributed by atoms with E-state index in [0.717, 1.165) is 11.9 Å². The molecule has 0 amide bonds. The molecule has 2 nitrogen and oxygen atoms in total. The van der Waals surface area contributed by atoms with E-state index in [1.54, 1.807) is 0 Å². The standard InChI is InChI=1S/C34H32N2/c1-33(2,3)19-20-10-11-22-18-28-26(17-23(22)16-20)30-29-21(14-15-35-30)12-13-25-24-8-7-9-27(34(4,5)6)31(24)36(28)32(25)29/h7-18H,19H2,1-6H3. The predicted molar refractivity (Wildman–Crippen MR) is 156 cm³/mol. The maximum Gasteiger partial charge on any atom is 0.0822 e. The van der Waals surface area contributed by atoms with Crippen molar-refractivity contribution < 1.29 is 0 Å². The van der Waals surface area contributed by atoms with Gasteiger partial charge in [-0.2, -0.15) is 0 Å². The molecule has 3 heterocycles. The fraction of sp³-hybridized carbons (Fsp3) is 0.265. The van der Waals surface area contributed by atoms with Crippen molar-refractivity contribution in [2.24, 2.45) is 5.41 Å². The zero-order valence-electron chi connectivity index (χ0n) is 22.0. The minimum Gasteiger partial charge on any atom is -0.308 e. The molecular formula is C34H32N2. The van der Waals surface area contributed by atoms with E-state index in [4.69, 9.17) is 4.98 Å². The Labute approximate surface area is 211 Å². The second-order valence-corrected chi connectivity index (χ2v) is 12.8. The Balaban J connectivity index is 1.73. The average molecular weight is 469 g/mol. The molecule has 36 heavy (non-hydrogen) atoms. The lowest BCUT2D eigenvalue weighted by atomic mass is 9.85. The van der Waals surface area contributed by atoms with E-state index in [2.05, 4.69) is 113 Å². The Kier molecular flexibility index (Phi) is 4.19. The van der Waals surface area contributed by atoms with Crippen LogP contribution in [-0.4, -0.2) is 9.38 Å². The van der Waals surface area contributed by atoms with Crippen molar-refractivity contribution in [1.82, 2.24) is 9.38 Å². The van der Waals surface area contributed by atoms with E-state index in [0.29, 0.717) is 0 Å². The zero-order chi connectivity index (χ0) is 25.0. The van der Waals surface area contributed by atoms with Crippen LogP contribution in [0, 0.1) is 5.41 Å². The lowest BCUT2D eigenvalue weighted by Crippen LogP contribution is -2.12. The first-order chi connectivity index (χ1) is 17.1. The molecule has 0 spiro atoms. The maximum atomic E-state index is 4.98. The highest BCUT2D eigenvalue weighted by Crippen LogP contribution is 2.44. The Bertz CT molecular complexity index is 1970. The van der Waals surface area contributed by atoms with E-state index >= 15 is 0 Å². The van der Waals surface area contributed by atoms with Crippen LogP contribution in [0.5, 0.6) is 0 Å². The van der Waals surface area contributed by atoms with Gasteiger partial charge >= 0.3 is 0 Å². The van der Waals surface area contributed by atoms with Gasteiger partial charge in [-0.25, -0.2) is 0 Å². The van der Waals surface area contributed by atoms with Gasteiger partial charge in [0.15, 0.2) is 0 Å². The second kappa shape index (κ2) is 6.97. The van der Waals surface area contributed by atoms with Crippen LogP contribution in [0.25, 0.3) is 59.8 Å². The third kappa shape index (κ3) is 3.00. The quantitative estimate of drug-likeness (QED) is 0.173. The molecule has 0 saturated carbocycles. The van der Waals surface area contributed by atoms with Crippen molar-refractivity contribution >= 4 is 59.8 Å². The predicted octanol–water partition coefficient (Wildman–Crippen LogP) is 9.42. The number of aromatic nitrogens is 2. The van der Waals surface area contributed by atoms with Gasteiger partial charge in [0.25, 0.3) is 0 Å². The summed E-state index contributed by atoms with van der Waals surface area (Å²) in [6.07, 6.45) is 3.03. The van der Waals surface area contributed by atoms with Crippen LogP contribution >= 0.6 is 0 Å². The molecule has 2 heteroatoms. The number of nitrogens with zero attached hydrogens (tertiary/aromatic N) is 2. The maximum absolute atomic E-state index is 4.98. The van der Waals surface area contributed by atoms with Gasteiger partial charge in [0.2, 0.25) is 0 Å². The number of benzene rings is 4. The summed E-state index contributed by atoms with van der Waals surface area (Å²) in [6, 6.07) is 25.3. The van der Waals surface area contributed by atoms with Crippen molar-refractivity contribution in [3.8, 4) is 0 Å². The first-order valence-electron chi connectivity index (χ1n) is 13.0. The highest BCUT2D eigenvalue weighted by molar-refractivity contribution is 6.28. The number of hydrogen-bond acceptors (Lipinski definition) is 1. The number of hydrogen-bond donors (Lipinski definition) is 0. The summed E-state index contributed by atoms with van der Waals surface area (Å²) in [5, 5.41) is 8.94. The molecule has 0 aliphatic carbocycles. The monoisotopic (exact) mass is 468 g/mol. The molecule has 7 aromatic rings. The first kappa shape index (κ1) is 21.6. The Hall–Kier alpha value is -3.65. The van der Waals surface area contributed by atoms with E-state index < -0.39 is 0 Å². The van der Waals surface area contributed by atoms with Crippen LogP contribution < -0.4 is 0 Å². The largest absolute Gasteiger partial charge is 0.308 e. The molecule has 0 N–H and O–H groups in total. The molecule has 7 rings (SSSR count). The van der Waals surface area contributed by atoms with Crippen molar-refractivity contribution in [3.63, 3.8) is 0 Å². The molecule has 0 fully saturated rings. The molecule has 0 atom stereocenters. The normalized spacial score (nSPS) is 13.4. The number of rotatable bonds is 1. The summed E-state index contributed by atoms with van der Waals surface area (Å²) in [7, 11) is 0. The smallest absolute Gasteiger partial charge is 0.0822 e. The van der Waals surface area contributed by atoms with Gasteiger partial charge in [0.05, 0.1) is 22.1 Å². The number of fused-ring (bicyclic) bond motifs is 7. The first-order valence-corrected chi connectivity index (χ1v) is 13.0. The third-order valence-corrected chi connectivity index (χ3v) is 7.74. The summed E-state index contributed by atoms with van der Waals surface area (Å²) < 4.78 is 2.54. The third-order valence-electron chi connectivity index (χ3n) is 7.74. The van der Waals surface area contributed by atoms with Crippen LogP contribution in [0.15, 0.2) is 72.9 Å². The minimum atomic E-state index is 0.0284. The van der Waals surface area contributed by atoms with Gasteiger partial charge in [0, 0.05) is 27.7 Å². The summed E-state index contributed by atoms with van der Waals surface area (Å²) in [4.78, 5) is 4.98. The fourth-order valence-corrected chi connectivity index (χ4v) is 6.30. The van der Waals surface area contributed by atoms with Crippen LogP contribution in [-0.2, 0) is 11.8 Å². The molecule has 0 aliphatic heterocycles. The van der Waals surface area contributed by atoms with Crippen LogP contribution in [0.2, 0.25) is 0 Å². The van der Waals surface area contributed by atoms with Crippen molar-refractivity contribution in [2.75, 3.05) is 0 Å². The van der Waals surface area contributed by atoms with Crippen LogP contribution in [0.1, 0.15) is 52.7 Å². The molecule has 3 aromatic heterocycles. The molecule has 4 aromatic carbocycles. The van der Waals surface area contributed by atoms with Crippen LogP contribution in [0.4, 0.5) is 0 Å². The highest BCUT2D eigenvalue weighted by atomic mass is 14.9. The molecular weight excluding hydrogens is 436 g/mol. The highest BCUT2D eigenvalue weighted by Gasteiger charge is 2.24. The second-order valence-electron chi connectivity index (χ2n) is 12.8. The van der Waals surface area contributed by atoms with Crippen molar-refractivity contribution in [3.05, 3.63) is 84.1 Å². The molecule has 0 saturated heterocycles. The van der Waals surface area contributed by atoms with Gasteiger partial charge < -0.3 is 4.40 Å². The van der Waals surface area contributed by atoms with Crippen LogP contribution in [0.3, 0.4) is 0 Å². The molecule has 0 unspecified atom stereocenters. The van der Waals surface area contributed by atoms with E-state index in [1.165, 1.54) is 65.4 Å². The topological polar surface area (TPSA) is 17.3 Å². The lowest BCUT2D eigenvalue weighted by Gasteiger charge is -2.21. The molecule has 0 bridgehead atoms. The van der Waals surface area contributed by atoms with E-state index in [1.807, 2.05) is 6.20 Å². The van der Waals surface area contributed by atoms with Gasteiger partial charge in [-0.1, -0.05) is 90.1 Å². The van der Waals surface area contributed by atoms with Crippen molar-refractivity contribution in [1.29, 1.82) is 0 Å². The SMILES string of the molecule is CC(C)(C)Cc1ccc2cc3c(cc2c1)c1nccc2ccc4c5cccc(C(C)(C)C)c5n3c4c21. The molecule has 0 radical (unpaired) electrons. The average Bonchev–Trinajstić information content (AvgIpc) is 3.16. The van der Waals surface area contributed by atoms with Gasteiger partial charge in [-0.05, 0) is 62.7 Å².